The van der Waals surface area contributed by atoms with Crippen molar-refractivity contribution in [2.24, 2.45) is 0 Å². The van der Waals surface area contributed by atoms with Crippen molar-refractivity contribution in [1.29, 1.82) is 0 Å². The van der Waals surface area contributed by atoms with Crippen LogP contribution in [0.3, 0.4) is 0 Å². The third kappa shape index (κ3) is 3.42. The molecule has 0 atom stereocenters. The van der Waals surface area contributed by atoms with E-state index in [0.29, 0.717) is 18.6 Å². The minimum Gasteiger partial charge on any atom is -0.344 e. The Morgan fingerprint density at radius 2 is 1.88 bits per heavy atom. The number of hydrogen-bond acceptors (Lipinski definition) is 5. The lowest BCUT2D eigenvalue weighted by molar-refractivity contribution is -0.384. The van der Waals surface area contributed by atoms with Gasteiger partial charge in [-0.25, -0.2) is 4.98 Å². The maximum absolute atomic E-state index is 11.4. The van der Waals surface area contributed by atoms with E-state index in [4.69, 9.17) is 0 Å². The minimum absolute atomic E-state index is 0.0524. The monoisotopic (exact) mass is 325 g/mol. The van der Waals surface area contributed by atoms with Gasteiger partial charge in [0.25, 0.3) is 0 Å². The smallest absolute Gasteiger partial charge is 0.311 e. The number of benzene rings is 1. The SMILES string of the molecule is O=Cc1ccc([N+](=O)[O-])c(N(Cc2ccccc2)C2CCCC2)n1. The van der Waals surface area contributed by atoms with E-state index >= 15 is 0 Å². The van der Waals surface area contributed by atoms with Crippen molar-refractivity contribution in [2.75, 3.05) is 4.90 Å². The zero-order valence-corrected chi connectivity index (χ0v) is 13.3. The fourth-order valence-corrected chi connectivity index (χ4v) is 3.25. The molecule has 1 aliphatic carbocycles. The van der Waals surface area contributed by atoms with Crippen LogP contribution < -0.4 is 4.90 Å². The van der Waals surface area contributed by atoms with Gasteiger partial charge in [0, 0.05) is 18.7 Å². The normalized spacial score (nSPS) is 14.5. The van der Waals surface area contributed by atoms with Gasteiger partial charge in [0.05, 0.1) is 4.92 Å². The number of hydrogen-bond donors (Lipinski definition) is 0. The van der Waals surface area contributed by atoms with Crippen LogP contribution in [0.4, 0.5) is 11.5 Å². The molecule has 2 aromatic rings. The van der Waals surface area contributed by atoms with Crippen LogP contribution in [0.25, 0.3) is 0 Å². The van der Waals surface area contributed by atoms with Crippen LogP contribution in [0.15, 0.2) is 42.5 Å². The van der Waals surface area contributed by atoms with Crippen LogP contribution >= 0.6 is 0 Å². The number of carbonyl (C=O) groups is 1. The topological polar surface area (TPSA) is 76.3 Å². The van der Waals surface area contributed by atoms with Gasteiger partial charge in [0.1, 0.15) is 5.69 Å². The van der Waals surface area contributed by atoms with Gasteiger partial charge in [-0.15, -0.1) is 0 Å². The van der Waals surface area contributed by atoms with Crippen molar-refractivity contribution >= 4 is 17.8 Å². The second-order valence-corrected chi connectivity index (χ2v) is 6.01. The number of anilines is 1. The number of nitro groups is 1. The third-order valence-electron chi connectivity index (χ3n) is 4.43. The first kappa shape index (κ1) is 16.1. The van der Waals surface area contributed by atoms with Crippen LogP contribution in [-0.4, -0.2) is 22.2 Å². The van der Waals surface area contributed by atoms with Crippen LogP contribution in [-0.2, 0) is 6.54 Å². The fourth-order valence-electron chi connectivity index (χ4n) is 3.25. The molecule has 1 aliphatic rings. The molecule has 1 aromatic carbocycles. The summed E-state index contributed by atoms with van der Waals surface area (Å²) in [7, 11) is 0. The molecule has 0 unspecified atom stereocenters. The molecular formula is C18H19N3O3. The molecule has 0 aliphatic heterocycles. The van der Waals surface area contributed by atoms with Crippen LogP contribution in [0, 0.1) is 10.1 Å². The Morgan fingerprint density at radius 3 is 2.50 bits per heavy atom. The molecule has 0 saturated heterocycles. The van der Waals surface area contributed by atoms with Crippen molar-refractivity contribution in [3.63, 3.8) is 0 Å². The largest absolute Gasteiger partial charge is 0.344 e. The Hall–Kier alpha value is -2.76. The van der Waals surface area contributed by atoms with Crippen LogP contribution in [0.5, 0.6) is 0 Å². The summed E-state index contributed by atoms with van der Waals surface area (Å²) in [6, 6.07) is 12.8. The summed E-state index contributed by atoms with van der Waals surface area (Å²) < 4.78 is 0. The van der Waals surface area contributed by atoms with E-state index in [1.54, 1.807) is 0 Å². The molecule has 6 heteroatoms. The molecular weight excluding hydrogens is 306 g/mol. The first-order valence-electron chi connectivity index (χ1n) is 8.10. The Kier molecular flexibility index (Phi) is 4.84. The third-order valence-corrected chi connectivity index (χ3v) is 4.43. The summed E-state index contributed by atoms with van der Waals surface area (Å²) in [5.74, 6) is 0.292. The Balaban J connectivity index is 2.04. The van der Waals surface area contributed by atoms with Gasteiger partial charge >= 0.3 is 5.69 Å². The fraction of sp³-hybridized carbons (Fsp3) is 0.333. The Bertz CT molecular complexity index is 728. The molecule has 0 spiro atoms. The first-order valence-corrected chi connectivity index (χ1v) is 8.10. The van der Waals surface area contributed by atoms with E-state index in [2.05, 4.69) is 4.98 Å². The molecule has 1 saturated carbocycles. The number of aromatic nitrogens is 1. The molecule has 1 aromatic heterocycles. The number of nitrogens with zero attached hydrogens (tertiary/aromatic N) is 3. The second kappa shape index (κ2) is 7.21. The average Bonchev–Trinajstić information content (AvgIpc) is 3.14. The van der Waals surface area contributed by atoms with Crippen LogP contribution in [0.2, 0.25) is 0 Å². The maximum Gasteiger partial charge on any atom is 0.311 e. The molecule has 6 nitrogen and oxygen atoms in total. The molecule has 0 bridgehead atoms. The summed E-state index contributed by atoms with van der Waals surface area (Å²) in [5, 5.41) is 11.4. The quantitative estimate of drug-likeness (QED) is 0.459. The van der Waals surface area contributed by atoms with E-state index in [-0.39, 0.29) is 17.4 Å². The van der Waals surface area contributed by atoms with Crippen molar-refractivity contribution in [3.8, 4) is 0 Å². The van der Waals surface area contributed by atoms with Crippen LogP contribution in [0.1, 0.15) is 41.7 Å². The molecule has 0 amide bonds. The van der Waals surface area contributed by atoms with Gasteiger partial charge in [-0.2, -0.15) is 0 Å². The van der Waals surface area contributed by atoms with E-state index in [0.717, 1.165) is 31.2 Å². The molecule has 124 valence electrons. The second-order valence-electron chi connectivity index (χ2n) is 6.01. The highest BCUT2D eigenvalue weighted by Gasteiger charge is 2.29. The highest BCUT2D eigenvalue weighted by Crippen LogP contribution is 2.34. The van der Waals surface area contributed by atoms with Gasteiger partial charge in [-0.3, -0.25) is 14.9 Å². The highest BCUT2D eigenvalue weighted by molar-refractivity contribution is 5.75. The summed E-state index contributed by atoms with van der Waals surface area (Å²) in [4.78, 5) is 28.4. The summed E-state index contributed by atoms with van der Waals surface area (Å²) >= 11 is 0. The number of carbonyl (C=O) groups excluding carboxylic acids is 1. The molecule has 24 heavy (non-hydrogen) atoms. The summed E-state index contributed by atoms with van der Waals surface area (Å²) in [6.45, 7) is 0.543. The molecule has 0 radical (unpaired) electrons. The van der Waals surface area contributed by atoms with Crippen molar-refractivity contribution in [2.45, 2.75) is 38.3 Å². The lowest BCUT2D eigenvalue weighted by Crippen LogP contribution is -2.34. The summed E-state index contributed by atoms with van der Waals surface area (Å²) in [6.07, 6.45) is 4.81. The molecule has 0 N–H and O–H groups in total. The molecule has 3 rings (SSSR count). The van der Waals surface area contributed by atoms with Gasteiger partial charge in [0.2, 0.25) is 5.82 Å². The average molecular weight is 325 g/mol. The van der Waals surface area contributed by atoms with Gasteiger partial charge in [-0.05, 0) is 24.5 Å². The van der Waals surface area contributed by atoms with Gasteiger partial charge < -0.3 is 4.90 Å². The zero-order valence-electron chi connectivity index (χ0n) is 13.3. The predicted molar refractivity (Wildman–Crippen MR) is 91.2 cm³/mol. The predicted octanol–water partition coefficient (Wildman–Crippen LogP) is 3.75. The van der Waals surface area contributed by atoms with E-state index in [1.165, 1.54) is 12.1 Å². The van der Waals surface area contributed by atoms with Crippen molar-refractivity contribution in [3.05, 3.63) is 63.8 Å². The van der Waals surface area contributed by atoms with E-state index in [9.17, 15) is 14.9 Å². The lowest BCUT2D eigenvalue weighted by Gasteiger charge is -2.30. The van der Waals surface area contributed by atoms with E-state index < -0.39 is 4.92 Å². The standard InChI is InChI=1S/C18H19N3O3/c22-13-15-10-11-17(21(23)24)18(19-15)20(16-8-4-5-9-16)12-14-6-2-1-3-7-14/h1-3,6-7,10-11,13,16H,4-5,8-9,12H2. The number of pyridine rings is 1. The molecule has 1 fully saturated rings. The maximum atomic E-state index is 11.4. The Labute approximate surface area is 140 Å². The van der Waals surface area contributed by atoms with Gasteiger partial charge in [-0.1, -0.05) is 43.2 Å². The first-order chi connectivity index (χ1) is 11.7. The van der Waals surface area contributed by atoms with Crippen molar-refractivity contribution < 1.29 is 9.72 Å². The Morgan fingerprint density at radius 1 is 1.17 bits per heavy atom. The van der Waals surface area contributed by atoms with E-state index in [1.807, 2.05) is 35.2 Å². The number of rotatable bonds is 6. The van der Waals surface area contributed by atoms with Crippen molar-refractivity contribution in [1.82, 2.24) is 4.98 Å². The number of aldehydes is 1. The lowest BCUT2D eigenvalue weighted by atomic mass is 10.1. The minimum atomic E-state index is -0.427. The summed E-state index contributed by atoms with van der Waals surface area (Å²) in [5.41, 5.74) is 1.23. The highest BCUT2D eigenvalue weighted by atomic mass is 16.6. The molecule has 1 heterocycles. The zero-order chi connectivity index (χ0) is 16.9. The van der Waals surface area contributed by atoms with Gasteiger partial charge in [0.15, 0.2) is 6.29 Å².